The topological polar surface area (TPSA) is 204 Å². The molecule has 0 bridgehead atoms. The summed E-state index contributed by atoms with van der Waals surface area (Å²) in [5, 5.41) is 15.5. The molecule has 0 saturated carbocycles. The van der Waals surface area contributed by atoms with E-state index in [-0.39, 0.29) is 30.2 Å². The number of fused-ring (bicyclic) bond motifs is 4. The maximum absolute atomic E-state index is 8.88. The zero-order valence-electron chi connectivity index (χ0n) is 34.6. The Morgan fingerprint density at radius 1 is 0.750 bits per heavy atom. The fourth-order valence-corrected chi connectivity index (χ4v) is 10.4. The van der Waals surface area contributed by atoms with Gasteiger partial charge in [-0.15, -0.1) is 10.2 Å². The molecule has 10 rings (SSSR count). The van der Waals surface area contributed by atoms with E-state index < -0.39 is 0 Å². The number of aromatic nitrogens is 8. The molecule has 2 N–H and O–H groups in total. The average Bonchev–Trinajstić information content (AvgIpc) is 4.10. The number of imidazole rings is 2. The number of anilines is 2. The van der Waals surface area contributed by atoms with Crippen molar-refractivity contribution >= 4 is 42.9 Å². The molecule has 4 saturated heterocycles. The Bertz CT molecular complexity index is 2530. The van der Waals surface area contributed by atoms with Crippen molar-refractivity contribution in [2.45, 2.75) is 76.7 Å². The van der Waals surface area contributed by atoms with E-state index in [4.69, 9.17) is 40.4 Å². The highest BCUT2D eigenvalue weighted by atomic mass is 32.1. The second-order valence-electron chi connectivity index (χ2n) is 16.3. The van der Waals surface area contributed by atoms with Crippen LogP contribution >= 0.6 is 22.7 Å². The fraction of sp³-hybridized carbons (Fsp3) is 0.550. The first-order valence-electron chi connectivity index (χ1n) is 20.5. The van der Waals surface area contributed by atoms with E-state index in [0.717, 1.165) is 99.7 Å². The predicted molar refractivity (Wildman–Crippen MR) is 231 cm³/mol. The Hall–Kier alpha value is -5.11. The van der Waals surface area contributed by atoms with Gasteiger partial charge in [-0.1, -0.05) is 55.5 Å². The summed E-state index contributed by atoms with van der Waals surface area (Å²) in [6, 6.07) is 8.30. The monoisotopic (exact) mass is 854 g/mol. The van der Waals surface area contributed by atoms with Gasteiger partial charge in [-0.3, -0.25) is 0 Å². The zero-order chi connectivity index (χ0) is 41.7. The number of ether oxygens (including phenoxy) is 4. The van der Waals surface area contributed by atoms with Crippen molar-refractivity contribution in [2.75, 3.05) is 63.4 Å². The number of nitrogens with zero attached hydrogens (tertiary/aromatic N) is 13. The lowest BCUT2D eigenvalue weighted by Gasteiger charge is -2.29. The quantitative estimate of drug-likeness (QED) is 0.0948. The summed E-state index contributed by atoms with van der Waals surface area (Å²) in [6.07, 6.45) is 5.60. The van der Waals surface area contributed by atoms with Gasteiger partial charge in [0.25, 0.3) is 0 Å². The first-order valence-corrected chi connectivity index (χ1v) is 22.1. The highest BCUT2D eigenvalue weighted by molar-refractivity contribution is 7.20. The van der Waals surface area contributed by atoms with Gasteiger partial charge in [0.1, 0.15) is 0 Å². The highest BCUT2D eigenvalue weighted by Crippen LogP contribution is 2.39. The lowest BCUT2D eigenvalue weighted by atomic mass is 9.92. The molecular formula is C40H50N14O4S2. The van der Waals surface area contributed by atoms with Crippen LogP contribution in [0.5, 0.6) is 11.8 Å². The van der Waals surface area contributed by atoms with Gasteiger partial charge < -0.3 is 34.5 Å². The molecule has 6 atom stereocenters. The van der Waals surface area contributed by atoms with Crippen LogP contribution in [0, 0.1) is 11.8 Å². The summed E-state index contributed by atoms with van der Waals surface area (Å²) in [5.41, 5.74) is 20.7. The van der Waals surface area contributed by atoms with Gasteiger partial charge in [0.05, 0.1) is 61.3 Å². The molecule has 4 aliphatic heterocycles. The third kappa shape index (κ3) is 7.49. The van der Waals surface area contributed by atoms with E-state index in [0.29, 0.717) is 36.1 Å². The number of hydrogen-bond donors (Lipinski definition) is 1. The Morgan fingerprint density at radius 2 is 1.25 bits per heavy atom. The first-order chi connectivity index (χ1) is 29.1. The number of methoxy groups -OCH3 is 2. The average molecular weight is 855 g/mol. The van der Waals surface area contributed by atoms with E-state index in [2.05, 4.69) is 67.5 Å². The van der Waals surface area contributed by atoms with Crippen LogP contribution < -0.4 is 25.0 Å². The molecule has 0 unspecified atom stereocenters. The highest BCUT2D eigenvalue weighted by Gasteiger charge is 2.43. The standard InChI is InChI=1S/C20H24N8O2S.C20H26N6O2S/c1-11(2)14-5-4-12(18(23-14)29-3)16-8-22-19-28(16)25-20(31-19)27-9-13-15(24-26-21)6-7-30-17(13)10-27;1-11(2)15-5-4-12(18(23-15)27-3)16-8-22-19-26(16)24-20(29-19)25-9-13-14(21)6-7-28-17(13)10-25/h4-5,8,11,13,15,17H,6-7,9-10H2,1-3H3;4-5,8,11,13-14,17H,6-7,9-10,21H2,1-3H3/t13-,15+,17+;13-,14+,17+/m11/s1. The van der Waals surface area contributed by atoms with Crippen molar-refractivity contribution in [3.8, 4) is 34.3 Å². The fourth-order valence-electron chi connectivity index (χ4n) is 8.62. The van der Waals surface area contributed by atoms with Gasteiger partial charge >= 0.3 is 0 Å². The van der Waals surface area contributed by atoms with Gasteiger partial charge in [0.15, 0.2) is 0 Å². The van der Waals surface area contributed by atoms with E-state index in [1.807, 2.05) is 45.7 Å². The smallest absolute Gasteiger partial charge is 0.222 e. The minimum Gasteiger partial charge on any atom is -0.480 e. The van der Waals surface area contributed by atoms with E-state index in [1.54, 1.807) is 25.6 Å². The maximum atomic E-state index is 8.88. The third-order valence-corrected chi connectivity index (χ3v) is 13.9. The molecule has 60 heavy (non-hydrogen) atoms. The van der Waals surface area contributed by atoms with Crippen LogP contribution in [0.15, 0.2) is 41.8 Å². The molecular weight excluding hydrogens is 805 g/mol. The van der Waals surface area contributed by atoms with Crippen molar-refractivity contribution < 1.29 is 18.9 Å². The van der Waals surface area contributed by atoms with Gasteiger partial charge in [-0.05, 0) is 54.5 Å². The molecule has 0 amide bonds. The Labute approximate surface area is 355 Å². The molecule has 0 spiro atoms. The minimum atomic E-state index is -0.0248. The zero-order valence-corrected chi connectivity index (χ0v) is 36.2. The Balaban J connectivity index is 0.000000154. The van der Waals surface area contributed by atoms with Crippen molar-refractivity contribution in [3.63, 3.8) is 0 Å². The van der Waals surface area contributed by atoms with Gasteiger partial charge in [-0.25, -0.2) is 29.0 Å². The predicted octanol–water partition coefficient (Wildman–Crippen LogP) is 6.43. The van der Waals surface area contributed by atoms with Crippen molar-refractivity contribution in [2.24, 2.45) is 22.7 Å². The molecule has 4 aliphatic rings. The van der Waals surface area contributed by atoms with E-state index in [1.165, 1.54) is 11.3 Å². The molecule has 6 aromatic rings. The largest absolute Gasteiger partial charge is 0.480 e. The molecule has 0 aromatic carbocycles. The summed E-state index contributed by atoms with van der Waals surface area (Å²) in [6.45, 7) is 13.0. The minimum absolute atomic E-state index is 0.0248. The number of azide groups is 1. The maximum Gasteiger partial charge on any atom is 0.222 e. The van der Waals surface area contributed by atoms with Crippen LogP contribution in [-0.2, 0) is 9.47 Å². The van der Waals surface area contributed by atoms with Gasteiger partial charge in [0.2, 0.25) is 31.9 Å². The number of hydrogen-bond acceptors (Lipinski definition) is 16. The summed E-state index contributed by atoms with van der Waals surface area (Å²) >= 11 is 3.13. The van der Waals surface area contributed by atoms with Crippen LogP contribution in [0.2, 0.25) is 0 Å². The Morgan fingerprint density at radius 3 is 1.73 bits per heavy atom. The van der Waals surface area contributed by atoms with Gasteiger partial charge in [0, 0.05) is 79.6 Å². The molecule has 4 fully saturated rings. The number of nitrogens with two attached hydrogens (primary N) is 1. The summed E-state index contributed by atoms with van der Waals surface area (Å²) in [5.74, 6) is 2.37. The summed E-state index contributed by atoms with van der Waals surface area (Å²) in [4.78, 5) is 27.6. The van der Waals surface area contributed by atoms with Crippen LogP contribution in [0.3, 0.4) is 0 Å². The van der Waals surface area contributed by atoms with Crippen LogP contribution in [0.1, 0.15) is 63.8 Å². The van der Waals surface area contributed by atoms with E-state index in [9.17, 15) is 0 Å². The van der Waals surface area contributed by atoms with Crippen molar-refractivity contribution in [1.29, 1.82) is 0 Å². The van der Waals surface area contributed by atoms with Crippen LogP contribution in [-0.4, -0.2) is 117 Å². The second-order valence-corrected chi connectivity index (χ2v) is 18.2. The van der Waals surface area contributed by atoms with Crippen LogP contribution in [0.25, 0.3) is 42.9 Å². The third-order valence-electron chi connectivity index (χ3n) is 12.0. The molecule has 10 heterocycles. The lowest BCUT2D eigenvalue weighted by molar-refractivity contribution is -0.00913. The van der Waals surface area contributed by atoms with Gasteiger partial charge in [-0.2, -0.15) is 0 Å². The molecule has 6 aromatic heterocycles. The number of pyridine rings is 2. The van der Waals surface area contributed by atoms with Crippen molar-refractivity contribution in [3.05, 3.63) is 58.5 Å². The normalized spacial score (nSPS) is 23.8. The van der Waals surface area contributed by atoms with Crippen LogP contribution in [0.4, 0.5) is 10.3 Å². The lowest BCUT2D eigenvalue weighted by Crippen LogP contribution is -2.43. The second kappa shape index (κ2) is 16.7. The molecule has 0 radical (unpaired) electrons. The summed E-state index contributed by atoms with van der Waals surface area (Å²) < 4.78 is 26.8. The molecule has 20 heteroatoms. The molecule has 18 nitrogen and oxygen atoms in total. The Kier molecular flexibility index (Phi) is 11.2. The van der Waals surface area contributed by atoms with Crippen molar-refractivity contribution in [1.82, 2.24) is 39.2 Å². The first kappa shape index (κ1) is 40.3. The molecule has 316 valence electrons. The summed E-state index contributed by atoms with van der Waals surface area (Å²) in [7, 11) is 3.28. The van der Waals surface area contributed by atoms with E-state index >= 15 is 0 Å². The SMILES string of the molecule is COc1nc(C(C)C)ccc1-c1cnc2sc(N3C[C@@H]4[C@@H](N=[N+]=[N-])CCO[C@H]4C3)nn12.COc1nc(C(C)C)ccc1-c1cnc2sc(N3C[C@H]4[C@H](C3)OCC[C@@H]4N)nn12. The molecule has 0 aliphatic carbocycles. The number of rotatable bonds is 9.